The molecule has 6 nitrogen and oxygen atoms in total. The summed E-state index contributed by atoms with van der Waals surface area (Å²) in [5.74, 6) is 0.745. The molecule has 2 rings (SSSR count). The number of aryl methyl sites for hydroxylation is 2. The van der Waals surface area contributed by atoms with Crippen molar-refractivity contribution < 1.29 is 4.74 Å². The van der Waals surface area contributed by atoms with E-state index >= 15 is 0 Å². The van der Waals surface area contributed by atoms with Crippen LogP contribution in [0.4, 0.5) is 0 Å². The third-order valence-corrected chi connectivity index (χ3v) is 2.92. The Hall–Kier alpha value is -1.82. The predicted molar refractivity (Wildman–Crippen MR) is 68.5 cm³/mol. The van der Waals surface area contributed by atoms with E-state index in [9.17, 15) is 0 Å². The molecule has 0 aliphatic heterocycles. The highest BCUT2D eigenvalue weighted by Crippen LogP contribution is 2.23. The zero-order valence-electron chi connectivity index (χ0n) is 11.2. The summed E-state index contributed by atoms with van der Waals surface area (Å²) in [7, 11) is 5.45. The van der Waals surface area contributed by atoms with Gasteiger partial charge in [0, 0.05) is 26.4 Å². The maximum absolute atomic E-state index is 5.25. The molecule has 98 valence electrons. The van der Waals surface area contributed by atoms with Gasteiger partial charge >= 0.3 is 0 Å². The highest BCUT2D eigenvalue weighted by atomic mass is 16.5. The van der Waals surface area contributed by atoms with Gasteiger partial charge in [-0.1, -0.05) is 6.92 Å². The van der Waals surface area contributed by atoms with Crippen molar-refractivity contribution in [1.82, 2.24) is 24.9 Å². The van der Waals surface area contributed by atoms with Gasteiger partial charge in [-0.25, -0.2) is 4.68 Å². The average Bonchev–Trinajstić information content (AvgIpc) is 2.92. The minimum atomic E-state index is 0.0256. The molecule has 0 saturated carbocycles. The second kappa shape index (κ2) is 5.22. The lowest BCUT2D eigenvalue weighted by Crippen LogP contribution is -2.24. The number of methoxy groups -OCH3 is 1. The van der Waals surface area contributed by atoms with Crippen molar-refractivity contribution >= 4 is 0 Å². The van der Waals surface area contributed by atoms with E-state index in [1.807, 2.05) is 30.9 Å². The zero-order chi connectivity index (χ0) is 13.1. The van der Waals surface area contributed by atoms with E-state index in [4.69, 9.17) is 4.74 Å². The summed E-state index contributed by atoms with van der Waals surface area (Å²) < 4.78 is 8.84. The largest absolute Gasteiger partial charge is 0.481 e. The van der Waals surface area contributed by atoms with Crippen molar-refractivity contribution in [3.63, 3.8) is 0 Å². The molecule has 1 N–H and O–H groups in total. The quantitative estimate of drug-likeness (QED) is 0.854. The van der Waals surface area contributed by atoms with Crippen LogP contribution in [-0.4, -0.2) is 33.2 Å². The average molecular weight is 249 g/mol. The number of aromatic nitrogens is 4. The molecule has 0 fully saturated rings. The van der Waals surface area contributed by atoms with Crippen LogP contribution in [0.15, 0.2) is 18.3 Å². The minimum absolute atomic E-state index is 0.0256. The third-order valence-electron chi connectivity index (χ3n) is 2.92. The molecule has 0 radical (unpaired) electrons. The van der Waals surface area contributed by atoms with Crippen LogP contribution in [0.2, 0.25) is 0 Å². The second-order valence-corrected chi connectivity index (χ2v) is 4.11. The summed E-state index contributed by atoms with van der Waals surface area (Å²) in [5, 5.41) is 12.1. The Balaban J connectivity index is 2.38. The van der Waals surface area contributed by atoms with Gasteiger partial charge in [0.15, 0.2) is 0 Å². The lowest BCUT2D eigenvalue weighted by molar-refractivity contribution is 0.373. The van der Waals surface area contributed by atoms with E-state index in [0.717, 1.165) is 23.8 Å². The molecule has 0 bridgehead atoms. The van der Waals surface area contributed by atoms with E-state index in [1.54, 1.807) is 18.0 Å². The number of ether oxygens (including phenoxy) is 1. The first-order valence-electron chi connectivity index (χ1n) is 5.96. The third kappa shape index (κ3) is 2.24. The topological polar surface area (TPSA) is 56.9 Å². The van der Waals surface area contributed by atoms with Crippen LogP contribution in [0.25, 0.3) is 0 Å². The molecule has 2 aromatic rings. The Labute approximate surface area is 107 Å². The van der Waals surface area contributed by atoms with Crippen LogP contribution in [0, 0.1) is 0 Å². The molecule has 0 spiro atoms. The van der Waals surface area contributed by atoms with Gasteiger partial charge in [-0.3, -0.25) is 4.68 Å². The van der Waals surface area contributed by atoms with Crippen LogP contribution in [-0.2, 0) is 14.1 Å². The summed E-state index contributed by atoms with van der Waals surface area (Å²) in [6.45, 7) is 2.93. The van der Waals surface area contributed by atoms with Crippen molar-refractivity contribution in [3.05, 3.63) is 29.7 Å². The van der Waals surface area contributed by atoms with Crippen molar-refractivity contribution in [2.24, 2.45) is 14.1 Å². The molecule has 0 aliphatic rings. The Morgan fingerprint density at radius 2 is 2.17 bits per heavy atom. The summed E-state index contributed by atoms with van der Waals surface area (Å²) in [4.78, 5) is 0. The molecule has 2 aromatic heterocycles. The Bertz CT molecular complexity index is 516. The second-order valence-electron chi connectivity index (χ2n) is 4.11. The fourth-order valence-electron chi connectivity index (χ4n) is 2.04. The first-order valence-corrected chi connectivity index (χ1v) is 5.96. The van der Waals surface area contributed by atoms with Gasteiger partial charge in [-0.05, 0) is 12.6 Å². The van der Waals surface area contributed by atoms with Gasteiger partial charge in [0.25, 0.3) is 0 Å². The van der Waals surface area contributed by atoms with Crippen molar-refractivity contribution in [3.8, 4) is 5.88 Å². The van der Waals surface area contributed by atoms with E-state index in [2.05, 4.69) is 22.4 Å². The number of rotatable bonds is 5. The van der Waals surface area contributed by atoms with Crippen molar-refractivity contribution in [1.29, 1.82) is 0 Å². The van der Waals surface area contributed by atoms with Gasteiger partial charge in [-0.15, -0.1) is 0 Å². The van der Waals surface area contributed by atoms with Crippen molar-refractivity contribution in [2.45, 2.75) is 13.0 Å². The first-order chi connectivity index (χ1) is 8.67. The molecular weight excluding hydrogens is 230 g/mol. The van der Waals surface area contributed by atoms with E-state index in [1.165, 1.54) is 0 Å². The van der Waals surface area contributed by atoms with Gasteiger partial charge in [0.2, 0.25) is 5.88 Å². The highest BCUT2D eigenvalue weighted by molar-refractivity contribution is 5.26. The molecule has 2 heterocycles. The van der Waals surface area contributed by atoms with Gasteiger partial charge < -0.3 is 10.1 Å². The SMILES string of the molecule is CCNC(c1cc(OC)n(C)n1)c1ccnn1C. The number of hydrogen-bond donors (Lipinski definition) is 1. The van der Waals surface area contributed by atoms with E-state index in [0.29, 0.717) is 0 Å². The maximum Gasteiger partial charge on any atom is 0.211 e. The van der Waals surface area contributed by atoms with Crippen LogP contribution >= 0.6 is 0 Å². The van der Waals surface area contributed by atoms with Gasteiger partial charge in [0.1, 0.15) is 0 Å². The van der Waals surface area contributed by atoms with Crippen LogP contribution < -0.4 is 10.1 Å². The summed E-state index contributed by atoms with van der Waals surface area (Å²) >= 11 is 0. The Kier molecular flexibility index (Phi) is 3.66. The van der Waals surface area contributed by atoms with E-state index in [-0.39, 0.29) is 6.04 Å². The highest BCUT2D eigenvalue weighted by Gasteiger charge is 2.20. The number of hydrogen-bond acceptors (Lipinski definition) is 4. The van der Waals surface area contributed by atoms with E-state index < -0.39 is 0 Å². The minimum Gasteiger partial charge on any atom is -0.481 e. The lowest BCUT2D eigenvalue weighted by atomic mass is 10.1. The molecule has 1 unspecified atom stereocenters. The fourth-order valence-corrected chi connectivity index (χ4v) is 2.04. The van der Waals surface area contributed by atoms with Gasteiger partial charge in [0.05, 0.1) is 24.5 Å². The molecule has 1 atom stereocenters. The lowest BCUT2D eigenvalue weighted by Gasteiger charge is -2.15. The summed E-state index contributed by atoms with van der Waals surface area (Å²) in [6, 6.07) is 3.96. The smallest absolute Gasteiger partial charge is 0.211 e. The fraction of sp³-hybridized carbons (Fsp3) is 0.500. The van der Waals surface area contributed by atoms with Crippen molar-refractivity contribution in [2.75, 3.05) is 13.7 Å². The predicted octanol–water partition coefficient (Wildman–Crippen LogP) is 0.861. The molecule has 0 saturated heterocycles. The summed E-state index contributed by atoms with van der Waals surface area (Å²) in [6.07, 6.45) is 1.79. The normalized spacial score (nSPS) is 12.7. The molecule has 18 heavy (non-hydrogen) atoms. The maximum atomic E-state index is 5.25. The molecule has 0 aliphatic carbocycles. The monoisotopic (exact) mass is 249 g/mol. The first kappa shape index (κ1) is 12.6. The zero-order valence-corrected chi connectivity index (χ0v) is 11.2. The standard InChI is InChI=1S/C12H19N5O/c1-5-13-12(10-6-7-14-16(10)2)9-8-11(18-4)17(3)15-9/h6-8,12-13H,5H2,1-4H3. The van der Waals surface area contributed by atoms with Gasteiger partial charge in [-0.2, -0.15) is 10.2 Å². The summed E-state index contributed by atoms with van der Waals surface area (Å²) in [5.41, 5.74) is 2.01. The number of nitrogens with one attached hydrogen (secondary N) is 1. The van der Waals surface area contributed by atoms with Crippen LogP contribution in [0.1, 0.15) is 24.4 Å². The van der Waals surface area contributed by atoms with Crippen LogP contribution in [0.5, 0.6) is 5.88 Å². The molecular formula is C12H19N5O. The van der Waals surface area contributed by atoms with Crippen LogP contribution in [0.3, 0.4) is 0 Å². The molecule has 6 heteroatoms. The Morgan fingerprint density at radius 3 is 2.67 bits per heavy atom. The molecule has 0 aromatic carbocycles. The molecule has 0 amide bonds. The number of nitrogens with zero attached hydrogens (tertiary/aromatic N) is 4. The Morgan fingerprint density at radius 1 is 1.39 bits per heavy atom.